The zero-order valence-corrected chi connectivity index (χ0v) is 16.1. The topological polar surface area (TPSA) is 131 Å². The van der Waals surface area contributed by atoms with Gasteiger partial charge in [-0.15, -0.1) is 0 Å². The number of aliphatic carboxylic acids is 1. The van der Waals surface area contributed by atoms with Gasteiger partial charge in [-0.1, -0.05) is 31.0 Å². The van der Waals surface area contributed by atoms with E-state index in [1.807, 2.05) is 24.3 Å². The molecule has 0 bridgehead atoms. The molecule has 1 aliphatic rings. The van der Waals surface area contributed by atoms with Gasteiger partial charge in [0.1, 0.15) is 0 Å². The molecule has 4 N–H and O–H groups in total. The van der Waals surface area contributed by atoms with Gasteiger partial charge in [0, 0.05) is 11.6 Å². The average molecular weight is 426 g/mol. The molecule has 0 unspecified atom stereocenters. The maximum Gasteiger partial charge on any atom is 0.490 e. The molecular weight excluding hydrogens is 405 g/mol. The first-order chi connectivity index (χ1) is 14.0. The number of H-pyrrole nitrogens is 1. The molecule has 0 amide bonds. The average Bonchev–Trinajstić information content (AvgIpc) is 3.36. The molecule has 1 saturated carbocycles. The summed E-state index contributed by atoms with van der Waals surface area (Å²) in [5, 5.41) is 14.4. The van der Waals surface area contributed by atoms with E-state index in [9.17, 15) is 18.0 Å². The number of rotatable bonds is 4. The number of benzene rings is 1. The number of halogens is 3. The molecular formula is C19H21F3N4O4. The molecule has 162 valence electrons. The maximum absolute atomic E-state index is 11.2. The van der Waals surface area contributed by atoms with E-state index in [2.05, 4.69) is 19.9 Å². The van der Waals surface area contributed by atoms with E-state index in [1.165, 1.54) is 13.2 Å². The van der Waals surface area contributed by atoms with Crippen LogP contribution in [0.15, 0.2) is 30.3 Å². The number of carbonyl (C=O) groups excluding carboxylic acids is 1. The van der Waals surface area contributed by atoms with Crippen LogP contribution in [0.1, 0.15) is 37.1 Å². The number of methoxy groups -OCH3 is 1. The summed E-state index contributed by atoms with van der Waals surface area (Å²) >= 11 is 0. The summed E-state index contributed by atoms with van der Waals surface area (Å²) in [5.74, 6) is -1.78. The van der Waals surface area contributed by atoms with Crippen LogP contribution in [0.2, 0.25) is 0 Å². The Kier molecular flexibility index (Phi) is 7.33. The summed E-state index contributed by atoms with van der Waals surface area (Å²) in [5.41, 5.74) is 7.77. The minimum absolute atomic E-state index is 0.385. The summed E-state index contributed by atoms with van der Waals surface area (Å²) in [7, 11) is 1.35. The quantitative estimate of drug-likeness (QED) is 0.506. The van der Waals surface area contributed by atoms with Crippen LogP contribution in [0.5, 0.6) is 0 Å². The number of hydrogen-bond acceptors (Lipinski definition) is 6. The lowest BCUT2D eigenvalue weighted by Gasteiger charge is -2.18. The zero-order valence-electron chi connectivity index (χ0n) is 16.1. The van der Waals surface area contributed by atoms with E-state index in [1.54, 1.807) is 6.08 Å². The van der Waals surface area contributed by atoms with Gasteiger partial charge in [-0.25, -0.2) is 14.6 Å². The second kappa shape index (κ2) is 9.53. The molecule has 1 aromatic heterocycles. The van der Waals surface area contributed by atoms with Crippen LogP contribution >= 0.6 is 0 Å². The van der Waals surface area contributed by atoms with Crippen LogP contribution in [0.3, 0.4) is 0 Å². The fourth-order valence-electron chi connectivity index (χ4n) is 2.87. The molecule has 1 heterocycles. The highest BCUT2D eigenvalue weighted by atomic mass is 19.4. The number of nitrogens with zero attached hydrogens (tertiary/aromatic N) is 2. The summed E-state index contributed by atoms with van der Waals surface area (Å²) < 4.78 is 36.3. The van der Waals surface area contributed by atoms with Crippen LogP contribution in [0, 0.1) is 0 Å². The highest BCUT2D eigenvalue weighted by Gasteiger charge is 2.38. The lowest BCUT2D eigenvalue weighted by atomic mass is 9.98. The largest absolute Gasteiger partial charge is 0.490 e. The van der Waals surface area contributed by atoms with Crippen LogP contribution in [0.25, 0.3) is 17.5 Å². The molecule has 0 atom stereocenters. The van der Waals surface area contributed by atoms with E-state index in [-0.39, 0.29) is 5.97 Å². The SMILES string of the molecule is COC(=O)C=Cc1cccc(-c2nc(C3(N)CCCC3)n[nH]2)c1.O=C(O)C(F)(F)F. The van der Waals surface area contributed by atoms with Gasteiger partial charge in [0.05, 0.1) is 12.6 Å². The first-order valence-electron chi connectivity index (χ1n) is 8.93. The Morgan fingerprint density at radius 1 is 1.30 bits per heavy atom. The maximum atomic E-state index is 11.2. The number of carboxylic acids is 1. The van der Waals surface area contributed by atoms with Gasteiger partial charge >= 0.3 is 18.1 Å². The third kappa shape index (κ3) is 6.14. The Balaban J connectivity index is 0.000000396. The lowest BCUT2D eigenvalue weighted by molar-refractivity contribution is -0.192. The summed E-state index contributed by atoms with van der Waals surface area (Å²) in [6.45, 7) is 0. The van der Waals surface area contributed by atoms with Crippen LogP contribution in [0.4, 0.5) is 13.2 Å². The van der Waals surface area contributed by atoms with E-state index in [4.69, 9.17) is 15.6 Å². The molecule has 0 radical (unpaired) electrons. The Morgan fingerprint density at radius 3 is 2.50 bits per heavy atom. The first-order valence-corrected chi connectivity index (χ1v) is 8.93. The van der Waals surface area contributed by atoms with Gasteiger partial charge in [-0.3, -0.25) is 5.10 Å². The normalized spacial score (nSPS) is 15.5. The molecule has 1 aliphatic carbocycles. The Bertz CT molecular complexity index is 918. The molecule has 1 fully saturated rings. The van der Waals surface area contributed by atoms with Crippen molar-refractivity contribution >= 4 is 18.0 Å². The van der Waals surface area contributed by atoms with Crippen LogP contribution in [-0.2, 0) is 19.9 Å². The van der Waals surface area contributed by atoms with Gasteiger partial charge in [0.15, 0.2) is 11.6 Å². The van der Waals surface area contributed by atoms with E-state index < -0.39 is 17.7 Å². The highest BCUT2D eigenvalue weighted by Crippen LogP contribution is 2.34. The number of alkyl halides is 3. The molecule has 0 spiro atoms. The second-order valence-corrected chi connectivity index (χ2v) is 6.66. The number of nitrogens with one attached hydrogen (secondary N) is 1. The molecule has 3 rings (SSSR count). The van der Waals surface area contributed by atoms with Crippen LogP contribution in [-0.4, -0.2) is 45.5 Å². The van der Waals surface area contributed by atoms with Crippen LogP contribution < -0.4 is 5.73 Å². The number of ether oxygens (including phenoxy) is 1. The van der Waals surface area contributed by atoms with Gasteiger partial charge in [0.2, 0.25) is 0 Å². The van der Waals surface area contributed by atoms with Gasteiger partial charge in [0.25, 0.3) is 0 Å². The standard InChI is InChI=1S/C17H20N4O2.C2HF3O2/c1-23-14(22)8-7-12-5-4-6-13(11-12)15-19-16(21-20-15)17(18)9-2-3-10-17;3-2(4,5)1(6)7/h4-8,11H,2-3,9-10,18H2,1H3,(H,19,20,21);(H,6,7). The zero-order chi connectivity index (χ0) is 22.4. The number of esters is 1. The van der Waals surface area contributed by atoms with Crippen molar-refractivity contribution in [2.75, 3.05) is 7.11 Å². The summed E-state index contributed by atoms with van der Waals surface area (Å²) in [4.78, 5) is 24.6. The molecule has 2 aromatic rings. The number of hydrogen-bond donors (Lipinski definition) is 3. The second-order valence-electron chi connectivity index (χ2n) is 6.66. The van der Waals surface area contributed by atoms with Crippen molar-refractivity contribution in [2.24, 2.45) is 5.73 Å². The predicted molar refractivity (Wildman–Crippen MR) is 101 cm³/mol. The van der Waals surface area contributed by atoms with Crippen molar-refractivity contribution in [3.63, 3.8) is 0 Å². The Hall–Kier alpha value is -3.21. The van der Waals surface area contributed by atoms with Gasteiger partial charge in [-0.05, 0) is 30.5 Å². The molecule has 11 heteroatoms. The fourth-order valence-corrected chi connectivity index (χ4v) is 2.87. The van der Waals surface area contributed by atoms with Crippen molar-refractivity contribution < 1.29 is 32.6 Å². The minimum Gasteiger partial charge on any atom is -0.475 e. The van der Waals surface area contributed by atoms with E-state index >= 15 is 0 Å². The monoisotopic (exact) mass is 426 g/mol. The molecule has 8 nitrogen and oxygen atoms in total. The Morgan fingerprint density at radius 2 is 1.93 bits per heavy atom. The number of carboxylic acid groups (broad SMARTS) is 1. The fraction of sp³-hybridized carbons (Fsp3) is 0.368. The van der Waals surface area contributed by atoms with Crippen molar-refractivity contribution in [3.05, 3.63) is 41.7 Å². The smallest absolute Gasteiger partial charge is 0.475 e. The summed E-state index contributed by atoms with van der Waals surface area (Å²) in [6, 6.07) is 7.68. The van der Waals surface area contributed by atoms with Crippen molar-refractivity contribution in [3.8, 4) is 11.4 Å². The third-order valence-corrected chi connectivity index (χ3v) is 4.44. The molecule has 30 heavy (non-hydrogen) atoms. The molecule has 0 aliphatic heterocycles. The molecule has 0 saturated heterocycles. The molecule has 1 aromatic carbocycles. The van der Waals surface area contributed by atoms with Crippen molar-refractivity contribution in [1.29, 1.82) is 0 Å². The number of aromatic nitrogens is 3. The Labute approximate surface area is 169 Å². The summed E-state index contributed by atoms with van der Waals surface area (Å²) in [6.07, 6.45) is 2.09. The number of nitrogens with two attached hydrogens (primary N) is 1. The van der Waals surface area contributed by atoms with Gasteiger partial charge < -0.3 is 15.6 Å². The number of carbonyl (C=O) groups is 2. The predicted octanol–water partition coefficient (Wildman–Crippen LogP) is 3.02. The number of aromatic amines is 1. The lowest BCUT2D eigenvalue weighted by Crippen LogP contribution is -2.34. The van der Waals surface area contributed by atoms with E-state index in [0.29, 0.717) is 11.6 Å². The van der Waals surface area contributed by atoms with E-state index in [0.717, 1.165) is 36.8 Å². The first kappa shape index (κ1) is 23.1. The van der Waals surface area contributed by atoms with Crippen molar-refractivity contribution in [2.45, 2.75) is 37.4 Å². The third-order valence-electron chi connectivity index (χ3n) is 4.44. The highest BCUT2D eigenvalue weighted by molar-refractivity contribution is 5.87. The van der Waals surface area contributed by atoms with Crippen molar-refractivity contribution in [1.82, 2.24) is 15.2 Å². The van der Waals surface area contributed by atoms with Gasteiger partial charge in [-0.2, -0.15) is 18.3 Å². The minimum atomic E-state index is -5.08.